The van der Waals surface area contributed by atoms with Crippen molar-refractivity contribution >= 4 is 18.3 Å². The van der Waals surface area contributed by atoms with E-state index in [9.17, 15) is 9.90 Å². The van der Waals surface area contributed by atoms with Crippen molar-refractivity contribution in [3.05, 3.63) is 35.9 Å². The number of hydrogen-bond donors (Lipinski definition) is 2. The Balaban J connectivity index is 0.00000176. The van der Waals surface area contributed by atoms with Crippen LogP contribution in [0.15, 0.2) is 30.3 Å². The van der Waals surface area contributed by atoms with Gasteiger partial charge in [0.05, 0.1) is 12.1 Å². The van der Waals surface area contributed by atoms with Crippen molar-refractivity contribution in [2.45, 2.75) is 43.7 Å². The second kappa shape index (κ2) is 7.95. The molecule has 0 saturated carbocycles. The monoisotopic (exact) mass is 324 g/mol. The molecule has 2 heterocycles. The van der Waals surface area contributed by atoms with Crippen LogP contribution >= 0.6 is 12.4 Å². The van der Waals surface area contributed by atoms with Crippen molar-refractivity contribution < 1.29 is 9.90 Å². The molecule has 1 amide bonds. The van der Waals surface area contributed by atoms with E-state index < -0.39 is 0 Å². The average molecular weight is 325 g/mol. The van der Waals surface area contributed by atoms with Crippen molar-refractivity contribution in [2.24, 2.45) is 0 Å². The molecule has 1 aromatic carbocycles. The quantitative estimate of drug-likeness (QED) is 0.874. The number of β-amino-alcohol motifs (C(OH)–C–C–N with tert-alkyl or cyclic N) is 1. The summed E-state index contributed by atoms with van der Waals surface area (Å²) in [4.78, 5) is 14.5. The van der Waals surface area contributed by atoms with Gasteiger partial charge in [-0.1, -0.05) is 30.3 Å². The van der Waals surface area contributed by atoms with Crippen molar-refractivity contribution in [3.63, 3.8) is 0 Å². The lowest BCUT2D eigenvalue weighted by molar-refractivity contribution is -0.133. The van der Waals surface area contributed by atoms with Gasteiger partial charge < -0.3 is 15.3 Å². The number of aliphatic hydroxyl groups excluding tert-OH is 1. The van der Waals surface area contributed by atoms with Crippen LogP contribution in [0.25, 0.3) is 0 Å². The number of nitrogens with one attached hydrogen (secondary N) is 1. The predicted molar refractivity (Wildman–Crippen MR) is 89.3 cm³/mol. The number of nitrogens with zero attached hydrogens (tertiary/aromatic N) is 1. The second-order valence-electron chi connectivity index (χ2n) is 6.21. The van der Waals surface area contributed by atoms with E-state index in [2.05, 4.69) is 29.6 Å². The Bertz CT molecular complexity index is 483. The van der Waals surface area contributed by atoms with E-state index in [-0.39, 0.29) is 30.5 Å². The summed E-state index contributed by atoms with van der Waals surface area (Å²) >= 11 is 0. The highest BCUT2D eigenvalue weighted by Crippen LogP contribution is 2.28. The fraction of sp³-hybridized carbons (Fsp3) is 0.588. The van der Waals surface area contributed by atoms with E-state index in [4.69, 9.17) is 0 Å². The first-order valence-electron chi connectivity index (χ1n) is 7.99. The highest BCUT2D eigenvalue weighted by Gasteiger charge is 2.32. The van der Waals surface area contributed by atoms with E-state index in [1.807, 2.05) is 11.0 Å². The van der Waals surface area contributed by atoms with Crippen LogP contribution in [0.5, 0.6) is 0 Å². The van der Waals surface area contributed by atoms with Gasteiger partial charge in [0.1, 0.15) is 0 Å². The van der Waals surface area contributed by atoms with E-state index in [1.54, 1.807) is 0 Å². The third-order valence-corrected chi connectivity index (χ3v) is 4.72. The summed E-state index contributed by atoms with van der Waals surface area (Å²) in [6.45, 7) is 2.21. The zero-order valence-corrected chi connectivity index (χ0v) is 13.6. The van der Waals surface area contributed by atoms with Gasteiger partial charge in [-0.3, -0.25) is 4.79 Å². The highest BCUT2D eigenvalue weighted by atomic mass is 35.5. The normalized spacial score (nSPS) is 28.8. The van der Waals surface area contributed by atoms with Crippen molar-refractivity contribution in [2.75, 3.05) is 19.6 Å². The van der Waals surface area contributed by atoms with Crippen LogP contribution in [0, 0.1) is 0 Å². The van der Waals surface area contributed by atoms with Crippen molar-refractivity contribution in [1.82, 2.24) is 10.2 Å². The van der Waals surface area contributed by atoms with Gasteiger partial charge in [0.25, 0.3) is 0 Å². The Morgan fingerprint density at radius 1 is 1.18 bits per heavy atom. The number of hydrogen-bond acceptors (Lipinski definition) is 3. The second-order valence-corrected chi connectivity index (χ2v) is 6.21. The van der Waals surface area contributed by atoms with Crippen molar-refractivity contribution in [1.29, 1.82) is 0 Å². The molecule has 2 N–H and O–H groups in total. The van der Waals surface area contributed by atoms with E-state index in [1.165, 1.54) is 5.56 Å². The van der Waals surface area contributed by atoms with Gasteiger partial charge in [0, 0.05) is 19.6 Å². The van der Waals surface area contributed by atoms with Crippen LogP contribution in [-0.4, -0.2) is 47.7 Å². The molecule has 3 rings (SSSR count). The topological polar surface area (TPSA) is 52.6 Å². The average Bonchev–Trinajstić information content (AvgIpc) is 2.81. The SMILES string of the molecule is Cl.O=C(C1CC(O)CN1)N1CCCC(c2ccccc2)CC1. The zero-order valence-electron chi connectivity index (χ0n) is 12.8. The summed E-state index contributed by atoms with van der Waals surface area (Å²) in [6.07, 6.45) is 3.42. The number of rotatable bonds is 2. The number of aliphatic hydroxyl groups is 1. The molecular formula is C17H25ClN2O2. The molecule has 3 atom stereocenters. The summed E-state index contributed by atoms with van der Waals surface area (Å²) in [7, 11) is 0. The minimum atomic E-state index is -0.372. The van der Waals surface area contributed by atoms with Crippen molar-refractivity contribution in [3.8, 4) is 0 Å². The molecule has 2 aliphatic rings. The Hall–Kier alpha value is -1.10. The molecule has 2 fully saturated rings. The smallest absolute Gasteiger partial charge is 0.239 e. The predicted octanol–water partition coefficient (Wildman–Crippen LogP) is 1.93. The maximum Gasteiger partial charge on any atom is 0.239 e. The first-order valence-corrected chi connectivity index (χ1v) is 7.99. The van der Waals surface area contributed by atoms with E-state index in [0.29, 0.717) is 18.9 Å². The minimum Gasteiger partial charge on any atom is -0.392 e. The number of carbonyl (C=O) groups excluding carboxylic acids is 1. The van der Waals surface area contributed by atoms with E-state index in [0.717, 1.165) is 32.4 Å². The Morgan fingerprint density at radius 2 is 1.95 bits per heavy atom. The maximum atomic E-state index is 12.5. The Labute approximate surface area is 138 Å². The fourth-order valence-corrected chi connectivity index (χ4v) is 3.50. The van der Waals surface area contributed by atoms with E-state index >= 15 is 0 Å². The van der Waals surface area contributed by atoms with Gasteiger partial charge in [0.2, 0.25) is 5.91 Å². The number of halogens is 1. The molecular weight excluding hydrogens is 300 g/mol. The molecule has 122 valence electrons. The molecule has 2 aliphatic heterocycles. The largest absolute Gasteiger partial charge is 0.392 e. The standard InChI is InChI=1S/C17H24N2O2.ClH/c20-15-11-16(18-12-15)17(21)19-9-4-7-14(8-10-19)13-5-2-1-3-6-13;/h1-3,5-6,14-16,18,20H,4,7-12H2;1H. The lowest BCUT2D eigenvalue weighted by Gasteiger charge is -2.24. The molecule has 0 spiro atoms. The van der Waals surface area contributed by atoms with Crippen LogP contribution < -0.4 is 5.32 Å². The van der Waals surface area contributed by atoms with Gasteiger partial charge in [-0.2, -0.15) is 0 Å². The minimum absolute atomic E-state index is 0. The molecule has 5 heteroatoms. The molecule has 1 aromatic rings. The first-order chi connectivity index (χ1) is 10.2. The lowest BCUT2D eigenvalue weighted by atomic mass is 9.92. The summed E-state index contributed by atoms with van der Waals surface area (Å²) in [6, 6.07) is 10.4. The molecule has 4 nitrogen and oxygen atoms in total. The molecule has 0 aliphatic carbocycles. The van der Waals surface area contributed by atoms with Gasteiger partial charge in [-0.05, 0) is 37.2 Å². The van der Waals surface area contributed by atoms with Gasteiger partial charge in [-0.25, -0.2) is 0 Å². The highest BCUT2D eigenvalue weighted by molar-refractivity contribution is 5.85. The summed E-state index contributed by atoms with van der Waals surface area (Å²) in [5, 5.41) is 12.7. The third kappa shape index (κ3) is 4.00. The molecule has 0 aromatic heterocycles. The number of likely N-dealkylation sites (tertiary alicyclic amines) is 1. The first kappa shape index (κ1) is 17.3. The lowest BCUT2D eigenvalue weighted by Crippen LogP contribution is -2.44. The fourth-order valence-electron chi connectivity index (χ4n) is 3.50. The maximum absolute atomic E-state index is 12.5. The molecule has 0 bridgehead atoms. The van der Waals surface area contributed by atoms with Gasteiger partial charge >= 0.3 is 0 Å². The summed E-state index contributed by atoms with van der Waals surface area (Å²) < 4.78 is 0. The Morgan fingerprint density at radius 3 is 2.64 bits per heavy atom. The van der Waals surface area contributed by atoms with Crippen LogP contribution in [0.3, 0.4) is 0 Å². The molecule has 0 radical (unpaired) electrons. The molecule has 22 heavy (non-hydrogen) atoms. The van der Waals surface area contributed by atoms with Gasteiger partial charge in [-0.15, -0.1) is 12.4 Å². The third-order valence-electron chi connectivity index (χ3n) is 4.72. The molecule has 3 unspecified atom stereocenters. The number of amides is 1. The Kier molecular flexibility index (Phi) is 6.24. The molecule has 2 saturated heterocycles. The summed E-state index contributed by atoms with van der Waals surface area (Å²) in [5.41, 5.74) is 1.39. The van der Waals surface area contributed by atoms with Crippen LogP contribution in [0.4, 0.5) is 0 Å². The number of carbonyl (C=O) groups is 1. The van der Waals surface area contributed by atoms with Crippen LogP contribution in [0.2, 0.25) is 0 Å². The number of benzene rings is 1. The zero-order chi connectivity index (χ0) is 14.7. The van der Waals surface area contributed by atoms with Crippen LogP contribution in [0.1, 0.15) is 37.2 Å². The summed E-state index contributed by atoms with van der Waals surface area (Å²) in [5.74, 6) is 0.728. The van der Waals surface area contributed by atoms with Crippen LogP contribution in [-0.2, 0) is 4.79 Å². The van der Waals surface area contributed by atoms with Gasteiger partial charge in [0.15, 0.2) is 0 Å².